The summed E-state index contributed by atoms with van der Waals surface area (Å²) in [6, 6.07) is 4.32. The molecule has 0 radical (unpaired) electrons. The van der Waals surface area contributed by atoms with Gasteiger partial charge in [0.05, 0.1) is 23.8 Å². The molecule has 0 bridgehead atoms. The van der Waals surface area contributed by atoms with Gasteiger partial charge in [0.15, 0.2) is 5.78 Å². The molecule has 1 aromatic heterocycles. The highest BCUT2D eigenvalue weighted by molar-refractivity contribution is 6.08. The Morgan fingerprint density at radius 3 is 2.54 bits per heavy atom. The minimum Gasteiger partial charge on any atom is -0.510 e. The number of furan rings is 1. The maximum atomic E-state index is 14.2. The molecule has 246 valence electrons. The second kappa shape index (κ2) is 11.3. The lowest BCUT2D eigenvalue weighted by Crippen LogP contribution is -2.62. The average molecular weight is 634 g/mol. The Morgan fingerprint density at radius 1 is 1.09 bits per heavy atom. The zero-order chi connectivity index (χ0) is 32.7. The topological polar surface area (TPSA) is 181 Å². The van der Waals surface area contributed by atoms with Gasteiger partial charge in [-0.2, -0.15) is 0 Å². The fourth-order valence-corrected chi connectivity index (χ4v) is 9.53. The van der Waals surface area contributed by atoms with Gasteiger partial charge in [-0.25, -0.2) is 0 Å². The number of aliphatic hydroxyl groups excluding tert-OH is 2. The number of allylic oxidation sites excluding steroid dienone is 1. The number of nitrogens with two attached hydrogens (primary N) is 1. The van der Waals surface area contributed by atoms with Crippen molar-refractivity contribution < 1.29 is 39.5 Å². The van der Waals surface area contributed by atoms with E-state index in [1.165, 1.54) is 38.2 Å². The van der Waals surface area contributed by atoms with Gasteiger partial charge < -0.3 is 35.7 Å². The van der Waals surface area contributed by atoms with Crippen LogP contribution in [0.4, 0.5) is 0 Å². The lowest BCUT2D eigenvalue weighted by molar-refractivity contribution is -0.203. The van der Waals surface area contributed by atoms with Crippen molar-refractivity contribution >= 4 is 17.4 Å². The molecule has 2 heterocycles. The fourth-order valence-electron chi connectivity index (χ4n) is 9.53. The Labute approximate surface area is 267 Å². The van der Waals surface area contributed by atoms with Gasteiger partial charge in [0, 0.05) is 29.8 Å². The number of carbonyl (C=O) groups excluding carboxylic acids is 2. The van der Waals surface area contributed by atoms with E-state index in [1.54, 1.807) is 31.3 Å². The molecule has 0 spiro atoms. The van der Waals surface area contributed by atoms with Crippen molar-refractivity contribution in [2.24, 2.45) is 35.3 Å². The van der Waals surface area contributed by atoms with Crippen LogP contribution >= 0.6 is 0 Å². The van der Waals surface area contributed by atoms with Crippen molar-refractivity contribution in [2.45, 2.75) is 63.3 Å². The smallest absolute Gasteiger partial charge is 0.253 e. The number of aromatic hydroxyl groups is 1. The normalized spacial score (nSPS) is 30.9. The molecule has 1 saturated heterocycles. The molecule has 11 heteroatoms. The van der Waals surface area contributed by atoms with Crippen LogP contribution in [-0.2, 0) is 22.6 Å². The van der Waals surface area contributed by atoms with Crippen LogP contribution in [0.15, 0.2) is 45.8 Å². The highest BCUT2D eigenvalue weighted by Gasteiger charge is 2.62. The zero-order valence-corrected chi connectivity index (χ0v) is 26.3. The van der Waals surface area contributed by atoms with Crippen molar-refractivity contribution in [2.75, 3.05) is 27.2 Å². The van der Waals surface area contributed by atoms with Crippen LogP contribution in [0.25, 0.3) is 17.1 Å². The molecule has 4 aliphatic carbocycles. The first kappa shape index (κ1) is 31.0. The van der Waals surface area contributed by atoms with E-state index < -0.39 is 58.4 Å². The van der Waals surface area contributed by atoms with Gasteiger partial charge in [0.1, 0.15) is 28.6 Å². The van der Waals surface area contributed by atoms with Gasteiger partial charge in [-0.3, -0.25) is 19.4 Å². The van der Waals surface area contributed by atoms with Crippen molar-refractivity contribution in [1.29, 1.82) is 0 Å². The van der Waals surface area contributed by atoms with E-state index in [9.17, 15) is 35.1 Å². The van der Waals surface area contributed by atoms with Crippen LogP contribution in [0.1, 0.15) is 55.2 Å². The highest BCUT2D eigenvalue weighted by Crippen LogP contribution is 2.54. The SMILES string of the molecule is CN(C)[C@@H]1C(O)=C(C(N)=O)C(O)(O)C2C(=O)C3=C(O)c4c(O)ccc(-c5occc5CN5CCC6CCCCC6C5)c4CC3CC21. The Kier molecular flexibility index (Phi) is 7.58. The number of rotatable bonds is 5. The second-order valence-corrected chi connectivity index (χ2v) is 14.3. The number of likely N-dealkylation sites (tertiary alicyclic amines) is 1. The number of carbonyl (C=O) groups is 2. The Morgan fingerprint density at radius 2 is 1.83 bits per heavy atom. The number of hydrogen-bond donors (Lipinski definition) is 6. The number of aliphatic hydroxyl groups is 4. The number of nitrogens with zero attached hydrogens (tertiary/aromatic N) is 2. The summed E-state index contributed by atoms with van der Waals surface area (Å²) in [6.07, 6.45) is 8.55. The molecule has 3 fully saturated rings. The predicted octanol–water partition coefficient (Wildman–Crippen LogP) is 3.23. The molecular weight excluding hydrogens is 590 g/mol. The third-order valence-electron chi connectivity index (χ3n) is 11.5. The number of likely N-dealkylation sites (N-methyl/N-ethyl adjacent to an activating group) is 1. The monoisotopic (exact) mass is 633 g/mol. The van der Waals surface area contributed by atoms with Crippen LogP contribution in [0.3, 0.4) is 0 Å². The van der Waals surface area contributed by atoms with Gasteiger partial charge >= 0.3 is 0 Å². The standard InChI is InChI=1S/C35H43N3O8/c1-37(2)29-23-14-20-13-22-21(33-19(10-12-46-33)16-38-11-9-17-5-3-4-6-18(17)15-38)7-8-24(39)26(22)30(40)25(20)31(41)27(23)35(44,45)28(32(29)42)34(36)43/h7-8,10,12,17-18,20,23,27,29,39-40,42,44-45H,3-6,9,11,13-16H2,1-2H3,(H2,36,43)/t17?,18?,20?,23?,27?,29-/m0/s1. The van der Waals surface area contributed by atoms with Gasteiger partial charge in [-0.1, -0.05) is 19.3 Å². The van der Waals surface area contributed by atoms with Crippen LogP contribution in [0.2, 0.25) is 0 Å². The number of piperidine rings is 1. The molecular formula is C35H43N3O8. The lowest BCUT2D eigenvalue weighted by Gasteiger charge is -2.51. The lowest BCUT2D eigenvalue weighted by atomic mass is 9.57. The molecule has 2 aromatic rings. The number of phenols is 1. The molecule has 11 nitrogen and oxygen atoms in total. The van der Waals surface area contributed by atoms with E-state index in [0.717, 1.165) is 37.0 Å². The fraction of sp³-hybridized carbons (Fsp3) is 0.543. The average Bonchev–Trinajstić information content (AvgIpc) is 3.43. The summed E-state index contributed by atoms with van der Waals surface area (Å²) in [5.74, 6) is -7.06. The number of phenolic OH excluding ortho intramolecular Hbond substituents is 1. The zero-order valence-electron chi connectivity index (χ0n) is 26.3. The van der Waals surface area contributed by atoms with E-state index in [1.807, 2.05) is 6.07 Å². The molecule has 5 aliphatic rings. The summed E-state index contributed by atoms with van der Waals surface area (Å²) >= 11 is 0. The maximum Gasteiger partial charge on any atom is 0.253 e. The van der Waals surface area contributed by atoms with Crippen molar-refractivity contribution in [1.82, 2.24) is 9.80 Å². The van der Waals surface area contributed by atoms with Crippen molar-refractivity contribution in [3.63, 3.8) is 0 Å². The summed E-state index contributed by atoms with van der Waals surface area (Å²) in [6.45, 7) is 2.81. The van der Waals surface area contributed by atoms with E-state index in [0.29, 0.717) is 16.9 Å². The molecule has 2 saturated carbocycles. The minimum atomic E-state index is -3.05. The van der Waals surface area contributed by atoms with Gasteiger partial charge in [-0.05, 0) is 93.8 Å². The number of hydrogen-bond acceptors (Lipinski definition) is 10. The van der Waals surface area contributed by atoms with Gasteiger partial charge in [-0.15, -0.1) is 0 Å². The number of benzene rings is 1. The maximum absolute atomic E-state index is 14.2. The number of amides is 1. The summed E-state index contributed by atoms with van der Waals surface area (Å²) in [4.78, 5) is 30.6. The molecule has 5 unspecified atom stereocenters. The van der Waals surface area contributed by atoms with Crippen molar-refractivity contribution in [3.8, 4) is 17.1 Å². The van der Waals surface area contributed by atoms with E-state index in [2.05, 4.69) is 4.90 Å². The number of Topliss-reactive ketones (excluding diaryl/α,β-unsaturated/α-hetero) is 1. The first-order valence-electron chi connectivity index (χ1n) is 16.4. The Balaban J connectivity index is 1.26. The molecule has 7 N–H and O–H groups in total. The summed E-state index contributed by atoms with van der Waals surface area (Å²) in [7, 11) is 3.32. The molecule has 6 atom stereocenters. The van der Waals surface area contributed by atoms with Crippen molar-refractivity contribution in [3.05, 3.63) is 58.1 Å². The van der Waals surface area contributed by atoms with Crippen LogP contribution < -0.4 is 5.73 Å². The molecule has 1 aromatic carbocycles. The Hall–Kier alpha value is -3.64. The quantitative estimate of drug-likeness (QED) is 0.268. The van der Waals surface area contributed by atoms with Gasteiger partial charge in [0.2, 0.25) is 5.79 Å². The summed E-state index contributed by atoms with van der Waals surface area (Å²) < 4.78 is 6.08. The largest absolute Gasteiger partial charge is 0.510 e. The van der Waals surface area contributed by atoms with Crippen LogP contribution in [0, 0.1) is 29.6 Å². The summed E-state index contributed by atoms with van der Waals surface area (Å²) in [5, 5.41) is 56.1. The van der Waals surface area contributed by atoms with Crippen LogP contribution in [0.5, 0.6) is 5.75 Å². The third-order valence-corrected chi connectivity index (χ3v) is 11.5. The van der Waals surface area contributed by atoms with E-state index >= 15 is 0 Å². The summed E-state index contributed by atoms with van der Waals surface area (Å²) in [5.41, 5.74) is 7.05. The minimum absolute atomic E-state index is 0.0357. The van der Waals surface area contributed by atoms with Crippen LogP contribution in [-0.4, -0.2) is 86.0 Å². The Bertz CT molecular complexity index is 1650. The third kappa shape index (κ3) is 4.70. The highest BCUT2D eigenvalue weighted by atomic mass is 16.5. The number of fused-ring (bicyclic) bond motifs is 4. The predicted molar refractivity (Wildman–Crippen MR) is 168 cm³/mol. The first-order valence-corrected chi connectivity index (χ1v) is 16.4. The van der Waals surface area contributed by atoms with Gasteiger partial charge in [0.25, 0.3) is 5.91 Å². The molecule has 1 aliphatic heterocycles. The molecule has 46 heavy (non-hydrogen) atoms. The molecule has 1 amide bonds. The first-order chi connectivity index (χ1) is 21.9. The van der Waals surface area contributed by atoms with E-state index in [-0.39, 0.29) is 29.7 Å². The van der Waals surface area contributed by atoms with E-state index in [4.69, 9.17) is 10.2 Å². The number of ketones is 1. The second-order valence-electron chi connectivity index (χ2n) is 14.3. The number of primary amides is 1. The molecule has 7 rings (SSSR count).